The van der Waals surface area contributed by atoms with Crippen molar-refractivity contribution in [2.75, 3.05) is 25.1 Å². The van der Waals surface area contributed by atoms with Crippen molar-refractivity contribution in [3.05, 3.63) is 64.4 Å². The fraction of sp³-hybridized carbons (Fsp3) is 0.458. The number of esters is 1. The summed E-state index contributed by atoms with van der Waals surface area (Å²) in [6.45, 7) is 6.09. The maximum absolute atomic E-state index is 11.5. The molecule has 1 saturated heterocycles. The fourth-order valence-electron chi connectivity index (χ4n) is 4.30. The van der Waals surface area contributed by atoms with Gasteiger partial charge in [-0.3, -0.25) is 0 Å². The lowest BCUT2D eigenvalue weighted by atomic mass is 9.89. The Morgan fingerprint density at radius 2 is 1.90 bits per heavy atom. The molecule has 0 radical (unpaired) electrons. The molecule has 31 heavy (non-hydrogen) atoms. The number of methoxy groups -OCH3 is 1. The number of rotatable bonds is 5. The van der Waals surface area contributed by atoms with E-state index in [0.717, 1.165) is 62.4 Å². The van der Waals surface area contributed by atoms with Gasteiger partial charge in [-0.15, -0.1) is 0 Å². The van der Waals surface area contributed by atoms with Gasteiger partial charge in [0.2, 0.25) is 0 Å². The Kier molecular flexibility index (Phi) is 6.39. The lowest BCUT2D eigenvalue weighted by Crippen LogP contribution is -2.34. The molecule has 7 nitrogen and oxygen atoms in total. The van der Waals surface area contributed by atoms with Crippen LogP contribution in [0.1, 0.15) is 64.6 Å². The van der Waals surface area contributed by atoms with Gasteiger partial charge >= 0.3 is 5.97 Å². The third-order valence-corrected chi connectivity index (χ3v) is 6.34. The van der Waals surface area contributed by atoms with Crippen LogP contribution in [0.3, 0.4) is 0 Å². The molecule has 2 aromatic heterocycles. The van der Waals surface area contributed by atoms with Crippen molar-refractivity contribution in [1.29, 1.82) is 0 Å². The Morgan fingerprint density at radius 3 is 2.55 bits per heavy atom. The van der Waals surface area contributed by atoms with Gasteiger partial charge in [-0.05, 0) is 56.2 Å². The van der Waals surface area contributed by atoms with Gasteiger partial charge in [0.25, 0.3) is 0 Å². The van der Waals surface area contributed by atoms with Crippen LogP contribution < -0.4 is 4.90 Å². The third-order valence-electron chi connectivity index (χ3n) is 6.34. The molecule has 0 atom stereocenters. The van der Waals surface area contributed by atoms with E-state index in [1.54, 1.807) is 6.20 Å². The quantitative estimate of drug-likeness (QED) is 0.681. The summed E-state index contributed by atoms with van der Waals surface area (Å²) in [5.74, 6) is 0.711. The van der Waals surface area contributed by atoms with Gasteiger partial charge < -0.3 is 9.64 Å². The maximum atomic E-state index is 11.5. The highest BCUT2D eigenvalue weighted by molar-refractivity contribution is 5.86. The first-order valence-electron chi connectivity index (χ1n) is 10.9. The van der Waals surface area contributed by atoms with Gasteiger partial charge in [-0.1, -0.05) is 18.2 Å². The molecule has 0 saturated carbocycles. The average Bonchev–Trinajstić information content (AvgIpc) is 2.83. The van der Waals surface area contributed by atoms with Crippen LogP contribution in [0.2, 0.25) is 0 Å². The van der Waals surface area contributed by atoms with Crippen LogP contribution in [0.4, 0.5) is 5.82 Å². The molecule has 1 aliphatic heterocycles. The SMILES string of the molecule is COC(=O)c1cnc(N2CCC(c3nnc(CC4=CCCC=C4)c(C)c3C)CC2)cn1. The van der Waals surface area contributed by atoms with Crippen molar-refractivity contribution in [3.8, 4) is 0 Å². The number of aromatic nitrogens is 4. The summed E-state index contributed by atoms with van der Waals surface area (Å²) in [7, 11) is 1.34. The second-order valence-electron chi connectivity index (χ2n) is 8.23. The Labute approximate surface area is 183 Å². The Balaban J connectivity index is 1.41. The van der Waals surface area contributed by atoms with Gasteiger partial charge in [0, 0.05) is 25.4 Å². The minimum Gasteiger partial charge on any atom is -0.464 e. The van der Waals surface area contributed by atoms with Crippen LogP contribution in [0.25, 0.3) is 0 Å². The lowest BCUT2D eigenvalue weighted by Gasteiger charge is -2.33. The summed E-state index contributed by atoms with van der Waals surface area (Å²) in [6, 6.07) is 0. The Morgan fingerprint density at radius 1 is 1.10 bits per heavy atom. The van der Waals surface area contributed by atoms with Gasteiger partial charge in [0.05, 0.1) is 30.9 Å². The number of allylic oxidation sites excluding steroid dienone is 4. The molecule has 2 aliphatic rings. The van der Waals surface area contributed by atoms with E-state index in [9.17, 15) is 4.79 Å². The van der Waals surface area contributed by atoms with E-state index in [1.165, 1.54) is 30.0 Å². The van der Waals surface area contributed by atoms with Gasteiger partial charge in [0.15, 0.2) is 5.69 Å². The lowest BCUT2D eigenvalue weighted by molar-refractivity contribution is 0.0593. The first-order chi connectivity index (χ1) is 15.1. The predicted molar refractivity (Wildman–Crippen MR) is 119 cm³/mol. The summed E-state index contributed by atoms with van der Waals surface area (Å²) in [5, 5.41) is 9.28. The van der Waals surface area contributed by atoms with Crippen LogP contribution in [0.5, 0.6) is 0 Å². The number of piperidine rings is 1. The van der Waals surface area contributed by atoms with Crippen LogP contribution in [0.15, 0.2) is 36.2 Å². The summed E-state index contributed by atoms with van der Waals surface area (Å²) in [4.78, 5) is 22.3. The second kappa shape index (κ2) is 9.37. The van der Waals surface area contributed by atoms with Gasteiger partial charge in [-0.25, -0.2) is 14.8 Å². The number of carbonyl (C=O) groups is 1. The standard InChI is InChI=1S/C24H29N5O2/c1-16-17(2)23(28-27-20(16)13-18-7-5-4-6-8-18)19-9-11-29(12-10-19)22-15-25-21(14-26-22)24(30)31-3/h5,7-8,14-15,19H,4,6,9-13H2,1-3H3. The number of hydrogen-bond donors (Lipinski definition) is 0. The number of hydrogen-bond acceptors (Lipinski definition) is 7. The number of ether oxygens (including phenoxy) is 1. The maximum Gasteiger partial charge on any atom is 0.358 e. The molecule has 1 fully saturated rings. The monoisotopic (exact) mass is 419 g/mol. The van der Waals surface area contributed by atoms with E-state index in [4.69, 9.17) is 0 Å². The first kappa shape index (κ1) is 21.2. The topological polar surface area (TPSA) is 81.1 Å². The third kappa shape index (κ3) is 4.65. The predicted octanol–water partition coefficient (Wildman–Crippen LogP) is 3.87. The zero-order chi connectivity index (χ0) is 21.8. The molecule has 1 aliphatic carbocycles. The molecule has 0 aromatic carbocycles. The number of nitrogens with zero attached hydrogens (tertiary/aromatic N) is 5. The van der Waals surface area contributed by atoms with Crippen molar-refractivity contribution in [2.24, 2.45) is 0 Å². The smallest absolute Gasteiger partial charge is 0.358 e. The van der Waals surface area contributed by atoms with E-state index in [-0.39, 0.29) is 5.69 Å². The van der Waals surface area contributed by atoms with Crippen molar-refractivity contribution < 1.29 is 9.53 Å². The Hall–Kier alpha value is -3.09. The van der Waals surface area contributed by atoms with Crippen molar-refractivity contribution in [3.63, 3.8) is 0 Å². The zero-order valence-electron chi connectivity index (χ0n) is 18.5. The number of carbonyl (C=O) groups excluding carboxylic acids is 1. The van der Waals surface area contributed by atoms with E-state index >= 15 is 0 Å². The van der Waals surface area contributed by atoms with Gasteiger partial charge in [0.1, 0.15) is 5.82 Å². The highest BCUT2D eigenvalue weighted by Crippen LogP contribution is 2.32. The van der Waals surface area contributed by atoms with Crippen molar-refractivity contribution >= 4 is 11.8 Å². The second-order valence-corrected chi connectivity index (χ2v) is 8.23. The molecule has 7 heteroatoms. The normalized spacial score (nSPS) is 16.9. The van der Waals surface area contributed by atoms with E-state index in [2.05, 4.69) is 61.9 Å². The van der Waals surface area contributed by atoms with Gasteiger partial charge in [-0.2, -0.15) is 10.2 Å². The summed E-state index contributed by atoms with van der Waals surface area (Å²) in [5.41, 5.74) is 6.30. The minimum absolute atomic E-state index is 0.224. The van der Waals surface area contributed by atoms with E-state index in [1.807, 2.05) is 0 Å². The molecule has 0 N–H and O–H groups in total. The largest absolute Gasteiger partial charge is 0.464 e. The number of anilines is 1. The molecule has 0 spiro atoms. The Bertz CT molecular complexity index is 1010. The highest BCUT2D eigenvalue weighted by atomic mass is 16.5. The van der Waals surface area contributed by atoms with Crippen molar-refractivity contribution in [2.45, 2.75) is 51.9 Å². The first-order valence-corrected chi connectivity index (χ1v) is 10.9. The average molecular weight is 420 g/mol. The van der Waals surface area contributed by atoms with E-state index in [0.29, 0.717) is 5.92 Å². The van der Waals surface area contributed by atoms with E-state index < -0.39 is 5.97 Å². The molecule has 0 amide bonds. The molecule has 162 valence electrons. The van der Waals surface area contributed by atoms with Crippen LogP contribution in [-0.2, 0) is 11.2 Å². The zero-order valence-corrected chi connectivity index (χ0v) is 18.5. The minimum atomic E-state index is -0.471. The molecular weight excluding hydrogens is 390 g/mol. The highest BCUT2D eigenvalue weighted by Gasteiger charge is 2.25. The molecule has 0 bridgehead atoms. The van der Waals surface area contributed by atoms with Crippen LogP contribution >= 0.6 is 0 Å². The van der Waals surface area contributed by atoms with Crippen LogP contribution in [-0.4, -0.2) is 46.3 Å². The molecule has 2 aromatic rings. The molecule has 0 unspecified atom stereocenters. The summed E-state index contributed by atoms with van der Waals surface area (Å²) in [6.07, 6.45) is 15.0. The molecule has 4 rings (SSSR count). The molecule has 3 heterocycles. The summed E-state index contributed by atoms with van der Waals surface area (Å²) < 4.78 is 4.68. The van der Waals surface area contributed by atoms with Crippen molar-refractivity contribution in [1.82, 2.24) is 20.2 Å². The summed E-state index contributed by atoms with van der Waals surface area (Å²) >= 11 is 0. The molecular formula is C24H29N5O2. The van der Waals surface area contributed by atoms with Crippen LogP contribution in [0, 0.1) is 13.8 Å². The fourth-order valence-corrected chi connectivity index (χ4v) is 4.30.